The summed E-state index contributed by atoms with van der Waals surface area (Å²) in [6.07, 6.45) is 3.78. The number of nitrogens with one attached hydrogen (secondary N) is 1. The first kappa shape index (κ1) is 9.45. The fourth-order valence-corrected chi connectivity index (χ4v) is 0.943. The Morgan fingerprint density at radius 3 is 3.15 bits per heavy atom. The van der Waals surface area contributed by atoms with Crippen molar-refractivity contribution in [3.05, 3.63) is 36.7 Å². The van der Waals surface area contributed by atoms with E-state index in [1.165, 1.54) is 6.08 Å². The summed E-state index contributed by atoms with van der Waals surface area (Å²) in [7, 11) is 0. The minimum atomic E-state index is -0.201. The molecule has 0 aliphatic rings. The Hall–Kier alpha value is -1.64. The van der Waals surface area contributed by atoms with E-state index in [4.69, 9.17) is 0 Å². The van der Waals surface area contributed by atoms with Crippen LogP contribution in [0.25, 0.3) is 0 Å². The SMILES string of the molecule is C=CC(=O)Nc1ccnc(CC)c1. The molecule has 1 amide bonds. The molecule has 1 heterocycles. The molecular weight excluding hydrogens is 164 g/mol. The second-order valence-electron chi connectivity index (χ2n) is 2.58. The molecule has 0 aromatic carbocycles. The van der Waals surface area contributed by atoms with E-state index in [0.717, 1.165) is 17.8 Å². The molecular formula is C10H12N2O. The Bertz CT molecular complexity index is 320. The number of anilines is 1. The van der Waals surface area contributed by atoms with E-state index in [0.29, 0.717) is 0 Å². The van der Waals surface area contributed by atoms with Gasteiger partial charge in [0.15, 0.2) is 0 Å². The van der Waals surface area contributed by atoms with Crippen LogP contribution in [0.5, 0.6) is 0 Å². The maximum absolute atomic E-state index is 10.9. The van der Waals surface area contributed by atoms with Crippen LogP contribution in [0.4, 0.5) is 5.69 Å². The molecule has 0 aliphatic carbocycles. The van der Waals surface area contributed by atoms with Gasteiger partial charge in [0.05, 0.1) is 0 Å². The largest absolute Gasteiger partial charge is 0.322 e. The molecule has 1 aromatic rings. The molecule has 3 heteroatoms. The summed E-state index contributed by atoms with van der Waals surface area (Å²) in [5.74, 6) is -0.201. The Labute approximate surface area is 77.5 Å². The van der Waals surface area contributed by atoms with Gasteiger partial charge in [0, 0.05) is 17.6 Å². The number of nitrogens with zero attached hydrogens (tertiary/aromatic N) is 1. The third kappa shape index (κ3) is 2.71. The summed E-state index contributed by atoms with van der Waals surface area (Å²) in [6.45, 7) is 5.39. The van der Waals surface area contributed by atoms with Gasteiger partial charge in [-0.1, -0.05) is 13.5 Å². The normalized spacial score (nSPS) is 9.31. The number of aryl methyl sites for hydroxylation is 1. The predicted molar refractivity (Wildman–Crippen MR) is 52.4 cm³/mol. The first-order valence-electron chi connectivity index (χ1n) is 4.14. The van der Waals surface area contributed by atoms with Crippen molar-refractivity contribution in [3.8, 4) is 0 Å². The Balaban J connectivity index is 2.77. The van der Waals surface area contributed by atoms with Gasteiger partial charge in [-0.3, -0.25) is 9.78 Å². The number of rotatable bonds is 3. The number of hydrogen-bond donors (Lipinski definition) is 1. The van der Waals surface area contributed by atoms with Gasteiger partial charge in [0.25, 0.3) is 0 Å². The van der Waals surface area contributed by atoms with Crippen molar-refractivity contribution in [1.29, 1.82) is 0 Å². The van der Waals surface area contributed by atoms with E-state index < -0.39 is 0 Å². The smallest absolute Gasteiger partial charge is 0.247 e. The highest BCUT2D eigenvalue weighted by Gasteiger charge is 1.97. The van der Waals surface area contributed by atoms with Crippen molar-refractivity contribution in [2.75, 3.05) is 5.32 Å². The second kappa shape index (κ2) is 4.40. The van der Waals surface area contributed by atoms with Crippen LogP contribution in [-0.4, -0.2) is 10.9 Å². The summed E-state index contributed by atoms with van der Waals surface area (Å²) in [5.41, 5.74) is 1.72. The molecule has 0 saturated carbocycles. The third-order valence-corrected chi connectivity index (χ3v) is 1.63. The lowest BCUT2D eigenvalue weighted by atomic mass is 10.2. The molecule has 0 saturated heterocycles. The van der Waals surface area contributed by atoms with Crippen molar-refractivity contribution >= 4 is 11.6 Å². The molecule has 13 heavy (non-hydrogen) atoms. The van der Waals surface area contributed by atoms with Crippen molar-refractivity contribution in [2.24, 2.45) is 0 Å². The third-order valence-electron chi connectivity index (χ3n) is 1.63. The van der Waals surface area contributed by atoms with E-state index in [2.05, 4.69) is 16.9 Å². The molecule has 0 spiro atoms. The van der Waals surface area contributed by atoms with E-state index in [1.807, 2.05) is 13.0 Å². The van der Waals surface area contributed by atoms with Crippen LogP contribution in [0.15, 0.2) is 31.0 Å². The van der Waals surface area contributed by atoms with E-state index in [9.17, 15) is 4.79 Å². The second-order valence-corrected chi connectivity index (χ2v) is 2.58. The molecule has 0 aliphatic heterocycles. The predicted octanol–water partition coefficient (Wildman–Crippen LogP) is 1.77. The lowest BCUT2D eigenvalue weighted by molar-refractivity contribution is -0.111. The number of carbonyl (C=O) groups is 1. The molecule has 0 atom stereocenters. The van der Waals surface area contributed by atoms with Crippen molar-refractivity contribution in [2.45, 2.75) is 13.3 Å². The maximum atomic E-state index is 10.9. The van der Waals surface area contributed by atoms with E-state index in [1.54, 1.807) is 12.3 Å². The average molecular weight is 176 g/mol. The monoisotopic (exact) mass is 176 g/mol. The van der Waals surface area contributed by atoms with Gasteiger partial charge in [-0.05, 0) is 24.6 Å². The Kier molecular flexibility index (Phi) is 3.20. The van der Waals surface area contributed by atoms with Gasteiger partial charge < -0.3 is 5.32 Å². The van der Waals surface area contributed by atoms with Crippen LogP contribution in [-0.2, 0) is 11.2 Å². The molecule has 0 fully saturated rings. The quantitative estimate of drug-likeness (QED) is 0.713. The van der Waals surface area contributed by atoms with Crippen LogP contribution < -0.4 is 5.32 Å². The number of aromatic nitrogens is 1. The zero-order valence-corrected chi connectivity index (χ0v) is 7.58. The van der Waals surface area contributed by atoms with Gasteiger partial charge in [-0.25, -0.2) is 0 Å². The summed E-state index contributed by atoms with van der Waals surface area (Å²) in [6, 6.07) is 3.60. The van der Waals surface area contributed by atoms with Crippen LogP contribution >= 0.6 is 0 Å². The summed E-state index contributed by atoms with van der Waals surface area (Å²) >= 11 is 0. The molecule has 1 aromatic heterocycles. The van der Waals surface area contributed by atoms with E-state index in [-0.39, 0.29) is 5.91 Å². The first-order chi connectivity index (χ1) is 6.26. The van der Waals surface area contributed by atoms with Gasteiger partial charge in [0.2, 0.25) is 5.91 Å². The van der Waals surface area contributed by atoms with Crippen LogP contribution in [0, 0.1) is 0 Å². The topological polar surface area (TPSA) is 42.0 Å². The highest BCUT2D eigenvalue weighted by Crippen LogP contribution is 2.07. The number of pyridine rings is 1. The maximum Gasteiger partial charge on any atom is 0.247 e. The Morgan fingerprint density at radius 1 is 1.77 bits per heavy atom. The molecule has 1 rings (SSSR count). The van der Waals surface area contributed by atoms with Crippen LogP contribution in [0.3, 0.4) is 0 Å². The zero-order valence-electron chi connectivity index (χ0n) is 7.58. The summed E-state index contributed by atoms with van der Waals surface area (Å²) < 4.78 is 0. The standard InChI is InChI=1S/C10H12N2O/c1-3-8-7-9(5-6-11-8)12-10(13)4-2/h4-7H,2-3H2,1H3,(H,11,12,13). The number of amides is 1. The van der Waals surface area contributed by atoms with Gasteiger partial charge in [0.1, 0.15) is 0 Å². The highest BCUT2D eigenvalue weighted by molar-refractivity contribution is 5.98. The molecule has 68 valence electrons. The minimum absolute atomic E-state index is 0.201. The number of hydrogen-bond acceptors (Lipinski definition) is 2. The molecule has 0 bridgehead atoms. The van der Waals surface area contributed by atoms with E-state index >= 15 is 0 Å². The molecule has 0 unspecified atom stereocenters. The minimum Gasteiger partial charge on any atom is -0.322 e. The molecule has 3 nitrogen and oxygen atoms in total. The summed E-state index contributed by atoms with van der Waals surface area (Å²) in [5, 5.41) is 2.67. The molecule has 0 radical (unpaired) electrons. The highest BCUT2D eigenvalue weighted by atomic mass is 16.1. The fourth-order valence-electron chi connectivity index (χ4n) is 0.943. The lowest BCUT2D eigenvalue weighted by Gasteiger charge is -2.02. The zero-order chi connectivity index (χ0) is 9.68. The lowest BCUT2D eigenvalue weighted by Crippen LogP contribution is -2.07. The van der Waals surface area contributed by atoms with Crippen molar-refractivity contribution in [3.63, 3.8) is 0 Å². The van der Waals surface area contributed by atoms with Gasteiger partial charge in [-0.15, -0.1) is 0 Å². The fraction of sp³-hybridized carbons (Fsp3) is 0.200. The van der Waals surface area contributed by atoms with Gasteiger partial charge in [-0.2, -0.15) is 0 Å². The van der Waals surface area contributed by atoms with Crippen LogP contribution in [0.1, 0.15) is 12.6 Å². The Morgan fingerprint density at radius 2 is 2.54 bits per heavy atom. The van der Waals surface area contributed by atoms with Crippen molar-refractivity contribution < 1.29 is 4.79 Å². The molecule has 1 N–H and O–H groups in total. The number of carbonyl (C=O) groups excluding carboxylic acids is 1. The van der Waals surface area contributed by atoms with Crippen molar-refractivity contribution in [1.82, 2.24) is 4.98 Å². The van der Waals surface area contributed by atoms with Crippen LogP contribution in [0.2, 0.25) is 0 Å². The average Bonchev–Trinajstić information content (AvgIpc) is 2.18. The van der Waals surface area contributed by atoms with Gasteiger partial charge >= 0.3 is 0 Å². The first-order valence-corrected chi connectivity index (χ1v) is 4.14. The summed E-state index contributed by atoms with van der Waals surface area (Å²) in [4.78, 5) is 15.0.